The summed E-state index contributed by atoms with van der Waals surface area (Å²) in [6.45, 7) is 0. The number of benzene rings is 9. The van der Waals surface area contributed by atoms with Crippen molar-refractivity contribution in [2.45, 2.75) is 0 Å². The van der Waals surface area contributed by atoms with Gasteiger partial charge in [0.25, 0.3) is 0 Å². The maximum atomic E-state index is 4.50. The number of rotatable bonds is 9. The van der Waals surface area contributed by atoms with Gasteiger partial charge >= 0.3 is 0 Å². The minimum Gasteiger partial charge on any atom is -0.333 e. The van der Waals surface area contributed by atoms with E-state index in [1.807, 2.05) is 0 Å². The highest BCUT2D eigenvalue weighted by atomic mass is 31.1. The average molecular weight is 818 g/mol. The first kappa shape index (κ1) is 42.8. The lowest BCUT2D eigenvalue weighted by Crippen LogP contribution is -2.20. The van der Waals surface area contributed by atoms with Crippen molar-refractivity contribution >= 4 is 71.5 Å². The summed E-state index contributed by atoms with van der Waals surface area (Å²) in [5.41, 5.74) is 4.50. The molecule has 0 aromatic heterocycles. The minimum atomic E-state index is -0.446. The Hall–Kier alpha value is -5.77. The molecule has 0 fully saturated rings. The quantitative estimate of drug-likeness (QED) is 0.144. The van der Waals surface area contributed by atoms with Gasteiger partial charge < -0.3 is 5.73 Å². The molecule has 0 unspecified atom stereocenters. The summed E-state index contributed by atoms with van der Waals surface area (Å²) in [7, 11) is 0.162. The molecule has 290 valence electrons. The second kappa shape index (κ2) is 24.2. The van der Waals surface area contributed by atoms with Gasteiger partial charge in [-0.3, -0.25) is 0 Å². The molecule has 0 aliphatic rings. The Morgan fingerprint density at radius 1 is 0.169 bits per heavy atom. The van der Waals surface area contributed by atoms with Crippen LogP contribution in [0.1, 0.15) is 0 Å². The van der Waals surface area contributed by atoms with Gasteiger partial charge in [-0.15, -0.1) is 0 Å². The van der Waals surface area contributed by atoms with Crippen molar-refractivity contribution in [2.24, 2.45) is 5.73 Å². The van der Waals surface area contributed by atoms with E-state index in [2.05, 4.69) is 279 Å². The Labute approximate surface area is 355 Å². The zero-order valence-corrected chi connectivity index (χ0v) is 36.1. The van der Waals surface area contributed by atoms with Gasteiger partial charge in [-0.25, -0.2) is 0 Å². The highest BCUT2D eigenvalue weighted by Crippen LogP contribution is 2.34. The topological polar surface area (TPSA) is 26.0 Å². The first-order valence-corrected chi connectivity index (χ1v) is 23.8. The van der Waals surface area contributed by atoms with Crippen molar-refractivity contribution in [3.05, 3.63) is 273 Å². The average Bonchev–Trinajstić information content (AvgIpc) is 3.34. The first-order chi connectivity index (χ1) is 29.3. The van der Waals surface area contributed by atoms with Crippen LogP contribution in [0.25, 0.3) is 0 Å². The Bertz CT molecular complexity index is 1860. The number of hydrogen-bond donors (Lipinski definition) is 1. The zero-order valence-electron chi connectivity index (χ0n) is 33.4. The van der Waals surface area contributed by atoms with Crippen molar-refractivity contribution in [3.63, 3.8) is 0 Å². The van der Waals surface area contributed by atoms with Gasteiger partial charge in [0.05, 0.1) is 0 Å². The van der Waals surface area contributed by atoms with Crippen LogP contribution >= 0.6 is 23.8 Å². The molecule has 0 saturated heterocycles. The number of hydrogen-bond acceptors (Lipinski definition) is 1. The lowest BCUT2D eigenvalue weighted by molar-refractivity contribution is 1.48. The predicted octanol–water partition coefficient (Wildman–Crippen LogP) is 9.91. The van der Waals surface area contributed by atoms with Gasteiger partial charge in [0.15, 0.2) is 0 Å². The molecule has 4 heteroatoms. The summed E-state index contributed by atoms with van der Waals surface area (Å²) < 4.78 is 0. The fourth-order valence-corrected chi connectivity index (χ4v) is 13.5. The van der Waals surface area contributed by atoms with E-state index in [4.69, 9.17) is 0 Å². The third kappa shape index (κ3) is 12.6. The second-order valence-electron chi connectivity index (χ2n) is 13.0. The van der Waals surface area contributed by atoms with Crippen molar-refractivity contribution in [1.29, 1.82) is 0 Å². The molecule has 0 amide bonds. The van der Waals surface area contributed by atoms with Crippen LogP contribution < -0.4 is 53.5 Å². The summed E-state index contributed by atoms with van der Waals surface area (Å²) >= 11 is 0. The van der Waals surface area contributed by atoms with Gasteiger partial charge in [0, 0.05) is 0 Å². The summed E-state index contributed by atoms with van der Waals surface area (Å²) in [5.74, 6) is 0. The van der Waals surface area contributed by atoms with Gasteiger partial charge in [-0.2, -0.15) is 0 Å². The van der Waals surface area contributed by atoms with Gasteiger partial charge in [0.2, 0.25) is 0 Å². The molecule has 9 aromatic rings. The molecule has 9 rings (SSSR count). The molecule has 59 heavy (non-hydrogen) atoms. The zero-order chi connectivity index (χ0) is 40.7. The summed E-state index contributed by atoms with van der Waals surface area (Å²) in [4.78, 5) is 0. The Morgan fingerprint density at radius 3 is 0.339 bits per heavy atom. The Morgan fingerprint density at radius 2 is 0.254 bits per heavy atom. The summed E-state index contributed by atoms with van der Waals surface area (Å²) in [5, 5.41) is 12.6. The van der Waals surface area contributed by atoms with E-state index >= 15 is 0 Å². The van der Waals surface area contributed by atoms with E-state index in [0.717, 1.165) is 0 Å². The van der Waals surface area contributed by atoms with Crippen molar-refractivity contribution < 1.29 is 0 Å². The van der Waals surface area contributed by atoms with Crippen LogP contribution in [-0.4, -0.2) is 7.05 Å². The molecule has 1 nitrogen and oxygen atoms in total. The third-order valence-electron chi connectivity index (χ3n) is 9.13. The molecule has 0 bridgehead atoms. The fraction of sp³-hybridized carbons (Fsp3) is 0.0182. The first-order valence-electron chi connectivity index (χ1n) is 19.8. The predicted molar refractivity (Wildman–Crippen MR) is 266 cm³/mol. The van der Waals surface area contributed by atoms with Crippen LogP contribution in [0, 0.1) is 0 Å². The van der Waals surface area contributed by atoms with Crippen LogP contribution in [0.15, 0.2) is 273 Å². The monoisotopic (exact) mass is 817 g/mol. The largest absolute Gasteiger partial charge is 0.333 e. The van der Waals surface area contributed by atoms with Crippen molar-refractivity contribution in [3.8, 4) is 0 Å². The summed E-state index contributed by atoms with van der Waals surface area (Å²) in [6, 6.07) is 97.0. The standard InChI is InChI=1S/3C18H15P.CH5N/c3*1-4-10-16(11-5-1)19(17-12-6-2-7-13-17)18-14-8-3-9-15-18;1-2/h3*1-15H;2H2,1H3. The van der Waals surface area contributed by atoms with Crippen LogP contribution in [0.5, 0.6) is 0 Å². The highest BCUT2D eigenvalue weighted by molar-refractivity contribution is 7.80. The lowest BCUT2D eigenvalue weighted by Gasteiger charge is -2.18. The van der Waals surface area contributed by atoms with Crippen LogP contribution in [0.2, 0.25) is 0 Å². The maximum absolute atomic E-state index is 4.50. The lowest BCUT2D eigenvalue weighted by atomic mass is 10.4. The van der Waals surface area contributed by atoms with Gasteiger partial charge in [-0.05, 0) is 78.6 Å². The minimum absolute atomic E-state index is 0.446. The van der Waals surface area contributed by atoms with E-state index < -0.39 is 23.8 Å². The Balaban J connectivity index is 0.000000146. The van der Waals surface area contributed by atoms with E-state index in [1.165, 1.54) is 54.8 Å². The molecular formula is C55H50NP3. The molecule has 0 heterocycles. The molecule has 0 radical (unpaired) electrons. The van der Waals surface area contributed by atoms with Crippen LogP contribution in [-0.2, 0) is 0 Å². The van der Waals surface area contributed by atoms with E-state index in [0.29, 0.717) is 0 Å². The molecule has 0 aliphatic heterocycles. The third-order valence-corrected chi connectivity index (χ3v) is 16.5. The number of nitrogens with two attached hydrogens (primary N) is 1. The van der Waals surface area contributed by atoms with Crippen LogP contribution in [0.3, 0.4) is 0 Å². The van der Waals surface area contributed by atoms with Crippen molar-refractivity contribution in [2.75, 3.05) is 7.05 Å². The molecular weight excluding hydrogens is 768 g/mol. The van der Waals surface area contributed by atoms with Gasteiger partial charge in [-0.1, -0.05) is 273 Å². The maximum Gasteiger partial charge on any atom is -0.0134 e. The molecule has 0 aliphatic carbocycles. The molecule has 9 aromatic carbocycles. The molecule has 0 saturated carbocycles. The van der Waals surface area contributed by atoms with E-state index in [9.17, 15) is 0 Å². The summed E-state index contributed by atoms with van der Waals surface area (Å²) in [6.07, 6.45) is 0. The molecule has 0 atom stereocenters. The second-order valence-corrected chi connectivity index (χ2v) is 19.7. The SMILES string of the molecule is CN.c1ccc(P(c2ccccc2)c2ccccc2)cc1.c1ccc(P(c2ccccc2)c2ccccc2)cc1.c1ccc(P(c2ccccc2)c2ccccc2)cc1. The van der Waals surface area contributed by atoms with Gasteiger partial charge in [0.1, 0.15) is 0 Å². The molecule has 0 spiro atoms. The molecule has 2 N–H and O–H groups in total. The van der Waals surface area contributed by atoms with E-state index in [1.54, 1.807) is 0 Å². The van der Waals surface area contributed by atoms with Crippen LogP contribution in [0.4, 0.5) is 0 Å². The van der Waals surface area contributed by atoms with Crippen molar-refractivity contribution in [1.82, 2.24) is 0 Å². The smallest absolute Gasteiger partial charge is 0.0134 e. The van der Waals surface area contributed by atoms with E-state index in [-0.39, 0.29) is 0 Å². The normalized spacial score (nSPS) is 10.3. The highest BCUT2D eigenvalue weighted by Gasteiger charge is 2.17. The Kier molecular flexibility index (Phi) is 17.6. The fourth-order valence-electron chi connectivity index (χ4n) is 6.54.